The molecular weight excluding hydrogens is 424 g/mol. The number of pyridine rings is 2. The molecule has 0 amide bonds. The molecule has 0 saturated heterocycles. The minimum Gasteiger partial charge on any atom is -0.378 e. The van der Waals surface area contributed by atoms with Gasteiger partial charge in [-0.1, -0.05) is 20.8 Å². The number of aryl methyl sites for hydroxylation is 2. The molecule has 0 aliphatic rings. The number of hydrogen-bond donors (Lipinski definition) is 1. The lowest BCUT2D eigenvalue weighted by molar-refractivity contribution is 0.596. The van der Waals surface area contributed by atoms with Gasteiger partial charge in [-0.3, -0.25) is 4.98 Å². The molecule has 0 aliphatic heterocycles. The van der Waals surface area contributed by atoms with Gasteiger partial charge in [0.2, 0.25) is 0 Å². The van der Waals surface area contributed by atoms with Gasteiger partial charge in [-0.05, 0) is 82.3 Å². The standard InChI is InChI=1S/C28H36N4S/c1-8-18(5)26-22(11-10-14-29-26)23-15-24(30-16-21-13-12-19(6)33-21)28-27(31-23)20(7)25(9-2)32(28)17(3)4/h10-15,17-18H,8-9,16H2,1-7H3,(H,30,31). The Hall–Kier alpha value is -2.66. The second-order valence-electron chi connectivity index (χ2n) is 9.25. The van der Waals surface area contributed by atoms with Crippen LogP contribution < -0.4 is 5.32 Å². The molecule has 4 nitrogen and oxygen atoms in total. The van der Waals surface area contributed by atoms with E-state index in [2.05, 4.69) is 82.6 Å². The van der Waals surface area contributed by atoms with E-state index in [1.807, 2.05) is 23.6 Å². The average Bonchev–Trinajstić information content (AvgIpc) is 3.37. The van der Waals surface area contributed by atoms with E-state index in [1.54, 1.807) is 0 Å². The van der Waals surface area contributed by atoms with Crippen molar-refractivity contribution in [1.82, 2.24) is 14.5 Å². The van der Waals surface area contributed by atoms with Crippen molar-refractivity contribution in [3.63, 3.8) is 0 Å². The second kappa shape index (κ2) is 9.68. The summed E-state index contributed by atoms with van der Waals surface area (Å²) >= 11 is 1.85. The first-order chi connectivity index (χ1) is 15.8. The summed E-state index contributed by atoms with van der Waals surface area (Å²) in [6.45, 7) is 16.4. The first kappa shape index (κ1) is 23.5. The third-order valence-corrected chi connectivity index (χ3v) is 7.61. The predicted molar refractivity (Wildman–Crippen MR) is 143 cm³/mol. The Balaban J connectivity index is 1.94. The van der Waals surface area contributed by atoms with E-state index in [9.17, 15) is 0 Å². The Morgan fingerprint density at radius 2 is 1.88 bits per heavy atom. The molecule has 0 bridgehead atoms. The summed E-state index contributed by atoms with van der Waals surface area (Å²) in [6.07, 6.45) is 3.94. The van der Waals surface area contributed by atoms with Crippen LogP contribution in [-0.4, -0.2) is 14.5 Å². The molecule has 5 heteroatoms. The SMILES string of the molecule is CCc1c(C)c2nc(-c3cccnc3C(C)CC)cc(NCc3ccc(C)s3)c2n1C(C)C. The molecule has 1 unspecified atom stereocenters. The van der Waals surface area contributed by atoms with E-state index in [0.29, 0.717) is 12.0 Å². The summed E-state index contributed by atoms with van der Waals surface area (Å²) in [5.74, 6) is 0.386. The first-order valence-electron chi connectivity index (χ1n) is 12.1. The quantitative estimate of drug-likeness (QED) is 0.289. The van der Waals surface area contributed by atoms with Gasteiger partial charge >= 0.3 is 0 Å². The number of anilines is 1. The van der Waals surface area contributed by atoms with Crippen LogP contribution >= 0.6 is 11.3 Å². The van der Waals surface area contributed by atoms with Crippen molar-refractivity contribution >= 4 is 28.1 Å². The first-order valence-corrected chi connectivity index (χ1v) is 13.0. The summed E-state index contributed by atoms with van der Waals surface area (Å²) in [5, 5.41) is 3.78. The topological polar surface area (TPSA) is 42.7 Å². The van der Waals surface area contributed by atoms with E-state index in [1.165, 1.54) is 26.5 Å². The largest absolute Gasteiger partial charge is 0.378 e. The minimum atomic E-state index is 0.363. The lowest BCUT2D eigenvalue weighted by Crippen LogP contribution is -2.08. The second-order valence-corrected chi connectivity index (χ2v) is 10.6. The Morgan fingerprint density at radius 1 is 1.09 bits per heavy atom. The Kier molecular flexibility index (Phi) is 6.89. The maximum Gasteiger partial charge on any atom is 0.0942 e. The van der Waals surface area contributed by atoms with Crippen LogP contribution in [0.3, 0.4) is 0 Å². The average molecular weight is 461 g/mol. The van der Waals surface area contributed by atoms with E-state index >= 15 is 0 Å². The van der Waals surface area contributed by atoms with Gasteiger partial charge in [-0.25, -0.2) is 4.98 Å². The van der Waals surface area contributed by atoms with Crippen molar-refractivity contribution in [3.05, 3.63) is 63.2 Å². The molecule has 0 aromatic carbocycles. The zero-order chi connectivity index (χ0) is 23.7. The van der Waals surface area contributed by atoms with Crippen LogP contribution in [0.4, 0.5) is 5.69 Å². The van der Waals surface area contributed by atoms with Crippen LogP contribution in [0.2, 0.25) is 0 Å². The molecule has 0 radical (unpaired) electrons. The molecule has 4 aromatic heterocycles. The maximum absolute atomic E-state index is 5.26. The van der Waals surface area contributed by atoms with Crippen LogP contribution in [0.5, 0.6) is 0 Å². The summed E-state index contributed by atoms with van der Waals surface area (Å²) in [6, 6.07) is 11.2. The summed E-state index contributed by atoms with van der Waals surface area (Å²) in [4.78, 5) is 12.7. The number of rotatable bonds is 8. The van der Waals surface area contributed by atoms with Crippen LogP contribution in [0, 0.1) is 13.8 Å². The molecule has 1 N–H and O–H groups in total. The van der Waals surface area contributed by atoms with E-state index in [0.717, 1.165) is 47.5 Å². The van der Waals surface area contributed by atoms with Gasteiger partial charge in [-0.15, -0.1) is 11.3 Å². The molecule has 0 fully saturated rings. The zero-order valence-corrected chi connectivity index (χ0v) is 21.8. The van der Waals surface area contributed by atoms with Gasteiger partial charge in [0, 0.05) is 39.8 Å². The summed E-state index contributed by atoms with van der Waals surface area (Å²) in [7, 11) is 0. The van der Waals surface area contributed by atoms with Crippen molar-refractivity contribution in [3.8, 4) is 11.3 Å². The molecule has 33 heavy (non-hydrogen) atoms. The molecule has 174 valence electrons. The predicted octanol–water partition coefficient (Wildman–Crippen LogP) is 8.05. The molecule has 0 spiro atoms. The zero-order valence-electron chi connectivity index (χ0n) is 21.0. The van der Waals surface area contributed by atoms with Gasteiger partial charge in [-0.2, -0.15) is 0 Å². The molecule has 4 heterocycles. The highest BCUT2D eigenvalue weighted by atomic mass is 32.1. The highest BCUT2D eigenvalue weighted by Gasteiger charge is 2.22. The van der Waals surface area contributed by atoms with Gasteiger partial charge in [0.15, 0.2) is 0 Å². The van der Waals surface area contributed by atoms with Gasteiger partial charge < -0.3 is 9.88 Å². The van der Waals surface area contributed by atoms with Crippen molar-refractivity contribution in [2.75, 3.05) is 5.32 Å². The van der Waals surface area contributed by atoms with Crippen molar-refractivity contribution in [1.29, 1.82) is 0 Å². The maximum atomic E-state index is 5.26. The highest BCUT2D eigenvalue weighted by molar-refractivity contribution is 7.11. The molecule has 4 aromatic rings. The number of fused-ring (bicyclic) bond motifs is 1. The molecular formula is C28H36N4S. The summed E-state index contributed by atoms with van der Waals surface area (Å²) < 4.78 is 2.47. The van der Waals surface area contributed by atoms with Crippen LogP contribution in [-0.2, 0) is 13.0 Å². The number of hydrogen-bond acceptors (Lipinski definition) is 4. The van der Waals surface area contributed by atoms with Crippen molar-refractivity contribution < 1.29 is 0 Å². The van der Waals surface area contributed by atoms with E-state index in [-0.39, 0.29) is 0 Å². The van der Waals surface area contributed by atoms with Crippen LogP contribution in [0.25, 0.3) is 22.3 Å². The number of thiophene rings is 1. The highest BCUT2D eigenvalue weighted by Crippen LogP contribution is 2.38. The van der Waals surface area contributed by atoms with E-state index in [4.69, 9.17) is 9.97 Å². The fraction of sp³-hybridized carbons (Fsp3) is 0.429. The Labute approximate surface area is 202 Å². The Morgan fingerprint density at radius 3 is 2.52 bits per heavy atom. The van der Waals surface area contributed by atoms with Gasteiger partial charge in [0.05, 0.1) is 28.1 Å². The monoisotopic (exact) mass is 460 g/mol. The van der Waals surface area contributed by atoms with Crippen molar-refractivity contribution in [2.45, 2.75) is 79.8 Å². The van der Waals surface area contributed by atoms with Crippen LogP contribution in [0.1, 0.15) is 79.7 Å². The smallest absolute Gasteiger partial charge is 0.0942 e. The van der Waals surface area contributed by atoms with Crippen molar-refractivity contribution in [2.24, 2.45) is 0 Å². The third-order valence-electron chi connectivity index (χ3n) is 6.61. The normalized spacial score (nSPS) is 12.6. The molecule has 1 atom stereocenters. The lowest BCUT2D eigenvalue weighted by atomic mass is 9.97. The van der Waals surface area contributed by atoms with Gasteiger partial charge in [0.1, 0.15) is 0 Å². The third kappa shape index (κ3) is 4.43. The Bertz CT molecular complexity index is 1260. The number of nitrogens with zero attached hydrogens (tertiary/aromatic N) is 3. The fourth-order valence-electron chi connectivity index (χ4n) is 4.76. The molecule has 4 rings (SSSR count). The lowest BCUT2D eigenvalue weighted by Gasteiger charge is -2.18. The summed E-state index contributed by atoms with van der Waals surface area (Å²) in [5.41, 5.74) is 9.38. The number of nitrogens with one attached hydrogen (secondary N) is 1. The molecule has 0 saturated carbocycles. The van der Waals surface area contributed by atoms with Gasteiger partial charge in [0.25, 0.3) is 0 Å². The molecule has 0 aliphatic carbocycles. The minimum absolute atomic E-state index is 0.363. The fourth-order valence-corrected chi connectivity index (χ4v) is 5.59. The van der Waals surface area contributed by atoms with E-state index < -0.39 is 0 Å². The van der Waals surface area contributed by atoms with Crippen LogP contribution in [0.15, 0.2) is 36.5 Å². The number of aromatic nitrogens is 3.